The zero-order valence-corrected chi connectivity index (χ0v) is 12.2. The van der Waals surface area contributed by atoms with Gasteiger partial charge in [0.1, 0.15) is 5.75 Å². The number of nitrogens with one attached hydrogen (secondary N) is 1. The first-order valence-electron chi connectivity index (χ1n) is 5.79. The number of ether oxygens (including phenoxy) is 1. The summed E-state index contributed by atoms with van der Waals surface area (Å²) in [6, 6.07) is 4.90. The summed E-state index contributed by atoms with van der Waals surface area (Å²) in [5.41, 5.74) is 0. The summed E-state index contributed by atoms with van der Waals surface area (Å²) in [7, 11) is 0. The molecule has 0 aliphatic rings. The van der Waals surface area contributed by atoms with E-state index in [1.165, 1.54) is 0 Å². The van der Waals surface area contributed by atoms with Gasteiger partial charge in [0.25, 0.3) is 5.91 Å². The predicted octanol–water partition coefficient (Wildman–Crippen LogP) is 3.53. The molecule has 1 N–H and O–H groups in total. The van der Waals surface area contributed by atoms with Crippen molar-refractivity contribution in [3.05, 3.63) is 28.2 Å². The maximum absolute atomic E-state index is 11.7. The van der Waals surface area contributed by atoms with Crippen LogP contribution >= 0.6 is 23.2 Å². The summed E-state index contributed by atoms with van der Waals surface area (Å²) < 4.78 is 5.49. The fraction of sp³-hybridized carbons (Fsp3) is 0.462. The first-order valence-corrected chi connectivity index (χ1v) is 6.55. The molecular formula is C13H17Cl2NO2. The van der Waals surface area contributed by atoms with Crippen LogP contribution in [0.5, 0.6) is 5.75 Å². The number of carbonyl (C=O) groups is 1. The van der Waals surface area contributed by atoms with Gasteiger partial charge in [0.05, 0.1) is 5.02 Å². The molecule has 18 heavy (non-hydrogen) atoms. The topological polar surface area (TPSA) is 38.3 Å². The van der Waals surface area contributed by atoms with Gasteiger partial charge in [0, 0.05) is 11.6 Å². The zero-order chi connectivity index (χ0) is 13.7. The van der Waals surface area contributed by atoms with Crippen molar-refractivity contribution in [2.45, 2.75) is 26.9 Å². The van der Waals surface area contributed by atoms with Gasteiger partial charge >= 0.3 is 0 Å². The van der Waals surface area contributed by atoms with Crippen molar-refractivity contribution in [2.24, 2.45) is 5.92 Å². The van der Waals surface area contributed by atoms with Crippen molar-refractivity contribution in [1.82, 2.24) is 5.32 Å². The maximum atomic E-state index is 11.7. The largest absolute Gasteiger partial charge is 0.479 e. The summed E-state index contributed by atoms with van der Waals surface area (Å²) in [6.45, 7) is 6.37. The molecule has 0 aliphatic carbocycles. The molecule has 1 amide bonds. The minimum atomic E-state index is -0.595. The summed E-state index contributed by atoms with van der Waals surface area (Å²) in [4.78, 5) is 11.7. The maximum Gasteiger partial charge on any atom is 0.260 e. The summed E-state index contributed by atoms with van der Waals surface area (Å²) >= 11 is 11.7. The Labute approximate surface area is 117 Å². The summed E-state index contributed by atoms with van der Waals surface area (Å²) in [5, 5.41) is 3.73. The molecule has 0 bridgehead atoms. The lowest BCUT2D eigenvalue weighted by molar-refractivity contribution is -0.127. The number of amides is 1. The molecule has 1 atom stereocenters. The summed E-state index contributed by atoms with van der Waals surface area (Å²) in [5.74, 6) is 0.697. The van der Waals surface area contributed by atoms with Crippen LogP contribution in [0.2, 0.25) is 10.0 Å². The van der Waals surface area contributed by atoms with Gasteiger partial charge in [-0.15, -0.1) is 0 Å². The van der Waals surface area contributed by atoms with Crippen LogP contribution in [0.4, 0.5) is 0 Å². The Morgan fingerprint density at radius 2 is 2.00 bits per heavy atom. The Morgan fingerprint density at radius 1 is 1.33 bits per heavy atom. The number of rotatable bonds is 5. The zero-order valence-electron chi connectivity index (χ0n) is 10.7. The van der Waals surface area contributed by atoms with E-state index in [9.17, 15) is 4.79 Å². The second-order valence-electron chi connectivity index (χ2n) is 4.47. The van der Waals surface area contributed by atoms with Crippen molar-refractivity contribution >= 4 is 29.1 Å². The first-order chi connectivity index (χ1) is 8.40. The lowest BCUT2D eigenvalue weighted by atomic mass is 10.2. The van der Waals surface area contributed by atoms with E-state index in [4.69, 9.17) is 27.9 Å². The van der Waals surface area contributed by atoms with Crippen LogP contribution < -0.4 is 10.1 Å². The van der Waals surface area contributed by atoms with Gasteiger partial charge in [-0.25, -0.2) is 0 Å². The van der Waals surface area contributed by atoms with E-state index in [1.54, 1.807) is 25.1 Å². The van der Waals surface area contributed by atoms with E-state index in [-0.39, 0.29) is 5.91 Å². The molecule has 0 saturated carbocycles. The molecule has 0 radical (unpaired) electrons. The Balaban J connectivity index is 2.58. The van der Waals surface area contributed by atoms with E-state index in [1.807, 2.05) is 13.8 Å². The van der Waals surface area contributed by atoms with Gasteiger partial charge in [-0.1, -0.05) is 37.0 Å². The third-order valence-corrected chi connectivity index (χ3v) is 2.78. The van der Waals surface area contributed by atoms with Crippen molar-refractivity contribution in [1.29, 1.82) is 0 Å². The van der Waals surface area contributed by atoms with Crippen LogP contribution in [0, 0.1) is 5.92 Å². The second-order valence-corrected chi connectivity index (χ2v) is 5.32. The Bertz CT molecular complexity index is 421. The van der Waals surface area contributed by atoms with E-state index in [2.05, 4.69) is 5.32 Å². The highest BCUT2D eigenvalue weighted by molar-refractivity contribution is 6.35. The first kappa shape index (κ1) is 15.1. The third-order valence-electron chi connectivity index (χ3n) is 2.25. The van der Waals surface area contributed by atoms with E-state index < -0.39 is 6.10 Å². The molecule has 100 valence electrons. The SMILES string of the molecule is CC(C)CNC(=O)[C@@H](C)Oc1ccc(Cl)cc1Cl. The van der Waals surface area contributed by atoms with Crippen LogP contribution in [-0.2, 0) is 4.79 Å². The van der Waals surface area contributed by atoms with E-state index in [0.717, 1.165) is 0 Å². The number of halogens is 2. The van der Waals surface area contributed by atoms with Crippen molar-refractivity contribution in [2.75, 3.05) is 6.54 Å². The van der Waals surface area contributed by atoms with Crippen LogP contribution in [-0.4, -0.2) is 18.6 Å². The minimum absolute atomic E-state index is 0.158. The molecule has 0 fully saturated rings. The van der Waals surface area contributed by atoms with Gasteiger partial charge in [-0.05, 0) is 31.0 Å². The highest BCUT2D eigenvalue weighted by atomic mass is 35.5. The van der Waals surface area contributed by atoms with Crippen LogP contribution in [0.25, 0.3) is 0 Å². The number of benzene rings is 1. The molecule has 1 aromatic carbocycles. The predicted molar refractivity (Wildman–Crippen MR) is 74.4 cm³/mol. The van der Waals surface area contributed by atoms with Crippen LogP contribution in [0.15, 0.2) is 18.2 Å². The van der Waals surface area contributed by atoms with Crippen molar-refractivity contribution in [3.63, 3.8) is 0 Å². The van der Waals surface area contributed by atoms with E-state index in [0.29, 0.717) is 28.3 Å². The average Bonchev–Trinajstić information content (AvgIpc) is 2.29. The molecule has 0 unspecified atom stereocenters. The molecule has 3 nitrogen and oxygen atoms in total. The molecular weight excluding hydrogens is 273 g/mol. The molecule has 0 heterocycles. The highest BCUT2D eigenvalue weighted by Crippen LogP contribution is 2.28. The standard InChI is InChI=1S/C13H17Cl2NO2/c1-8(2)7-16-13(17)9(3)18-12-5-4-10(14)6-11(12)15/h4-6,8-9H,7H2,1-3H3,(H,16,17)/t9-/m1/s1. The lowest BCUT2D eigenvalue weighted by Gasteiger charge is -2.16. The molecule has 1 aromatic rings. The molecule has 0 aliphatic heterocycles. The fourth-order valence-electron chi connectivity index (χ4n) is 1.26. The highest BCUT2D eigenvalue weighted by Gasteiger charge is 2.16. The molecule has 0 saturated heterocycles. The Hall–Kier alpha value is -0.930. The van der Waals surface area contributed by atoms with Crippen LogP contribution in [0.1, 0.15) is 20.8 Å². The van der Waals surface area contributed by atoms with Gasteiger partial charge in [0.2, 0.25) is 0 Å². The molecule has 5 heteroatoms. The monoisotopic (exact) mass is 289 g/mol. The molecule has 0 spiro atoms. The fourth-order valence-corrected chi connectivity index (χ4v) is 1.72. The summed E-state index contributed by atoms with van der Waals surface area (Å²) in [6.07, 6.45) is -0.595. The molecule has 0 aromatic heterocycles. The van der Waals surface area contributed by atoms with Gasteiger partial charge < -0.3 is 10.1 Å². The minimum Gasteiger partial charge on any atom is -0.479 e. The lowest BCUT2D eigenvalue weighted by Crippen LogP contribution is -2.38. The Morgan fingerprint density at radius 3 is 2.56 bits per heavy atom. The number of hydrogen-bond donors (Lipinski definition) is 1. The number of hydrogen-bond acceptors (Lipinski definition) is 2. The van der Waals surface area contributed by atoms with E-state index >= 15 is 0 Å². The third kappa shape index (κ3) is 4.75. The van der Waals surface area contributed by atoms with Gasteiger partial charge in [0.15, 0.2) is 6.10 Å². The quantitative estimate of drug-likeness (QED) is 0.900. The molecule has 1 rings (SSSR count). The van der Waals surface area contributed by atoms with Gasteiger partial charge in [-0.3, -0.25) is 4.79 Å². The second kappa shape index (κ2) is 6.86. The normalized spacial score (nSPS) is 12.3. The Kier molecular flexibility index (Phi) is 5.76. The van der Waals surface area contributed by atoms with Gasteiger partial charge in [-0.2, -0.15) is 0 Å². The van der Waals surface area contributed by atoms with Crippen LogP contribution in [0.3, 0.4) is 0 Å². The van der Waals surface area contributed by atoms with Crippen molar-refractivity contribution in [3.8, 4) is 5.75 Å². The number of carbonyl (C=O) groups excluding carboxylic acids is 1. The smallest absolute Gasteiger partial charge is 0.260 e. The average molecular weight is 290 g/mol. The van der Waals surface area contributed by atoms with Crippen molar-refractivity contribution < 1.29 is 9.53 Å².